The summed E-state index contributed by atoms with van der Waals surface area (Å²) in [5, 5.41) is 3.68. The summed E-state index contributed by atoms with van der Waals surface area (Å²) in [6, 6.07) is 8.82. The Morgan fingerprint density at radius 3 is 2.45 bits per heavy atom. The average Bonchev–Trinajstić information content (AvgIpc) is 2.39. The molecule has 0 fully saturated rings. The van der Waals surface area contributed by atoms with Crippen LogP contribution in [0.3, 0.4) is 0 Å². The Morgan fingerprint density at radius 1 is 1.15 bits per heavy atom. The largest absolute Gasteiger partial charge is 0.494 e. The monoisotopic (exact) mass is 277 g/mol. The van der Waals surface area contributed by atoms with E-state index in [1.54, 1.807) is 0 Å². The van der Waals surface area contributed by atoms with Gasteiger partial charge in [0.1, 0.15) is 5.75 Å². The molecule has 0 aliphatic heterocycles. The Balaban J connectivity index is 2.85. The van der Waals surface area contributed by atoms with Crippen LogP contribution in [0.4, 0.5) is 0 Å². The maximum atomic E-state index is 5.79. The number of benzene rings is 1. The molecular weight excluding hydrogens is 246 g/mol. The van der Waals surface area contributed by atoms with Crippen LogP contribution < -0.4 is 10.1 Å². The third kappa shape index (κ3) is 5.96. The van der Waals surface area contributed by atoms with Crippen LogP contribution in [0.15, 0.2) is 24.3 Å². The lowest BCUT2D eigenvalue weighted by atomic mass is 9.87. The third-order valence-electron chi connectivity index (χ3n) is 3.42. The fraction of sp³-hybridized carbons (Fsp3) is 0.667. The number of para-hydroxylation sites is 1. The van der Waals surface area contributed by atoms with Crippen LogP contribution in [-0.2, 0) is 0 Å². The van der Waals surface area contributed by atoms with Crippen LogP contribution in [0.2, 0.25) is 0 Å². The van der Waals surface area contributed by atoms with Gasteiger partial charge in [0.05, 0.1) is 6.61 Å². The number of hydrogen-bond donors (Lipinski definition) is 1. The van der Waals surface area contributed by atoms with Gasteiger partial charge in [-0.2, -0.15) is 0 Å². The Kier molecular flexibility index (Phi) is 7.08. The summed E-state index contributed by atoms with van der Waals surface area (Å²) in [6.45, 7) is 12.9. The first-order valence-electron chi connectivity index (χ1n) is 7.93. The Hall–Kier alpha value is -1.02. The van der Waals surface area contributed by atoms with Gasteiger partial charge in [-0.15, -0.1) is 0 Å². The lowest BCUT2D eigenvalue weighted by Gasteiger charge is -2.25. The van der Waals surface area contributed by atoms with Gasteiger partial charge in [-0.25, -0.2) is 0 Å². The average molecular weight is 277 g/mol. The predicted octanol–water partition coefficient (Wildman–Crippen LogP) is 4.95. The van der Waals surface area contributed by atoms with E-state index in [4.69, 9.17) is 4.74 Å². The number of nitrogens with one attached hydrogen (secondary N) is 1. The molecule has 1 unspecified atom stereocenters. The molecule has 2 nitrogen and oxygen atoms in total. The highest BCUT2D eigenvalue weighted by Crippen LogP contribution is 2.32. The van der Waals surface area contributed by atoms with Gasteiger partial charge >= 0.3 is 0 Å². The summed E-state index contributed by atoms with van der Waals surface area (Å²) in [5.74, 6) is 1.03. The van der Waals surface area contributed by atoms with E-state index in [0.717, 1.165) is 31.7 Å². The Labute approximate surface area is 124 Å². The van der Waals surface area contributed by atoms with E-state index in [-0.39, 0.29) is 0 Å². The van der Waals surface area contributed by atoms with E-state index in [1.165, 1.54) is 12.0 Å². The van der Waals surface area contributed by atoms with E-state index in [0.29, 0.717) is 11.5 Å². The van der Waals surface area contributed by atoms with E-state index in [2.05, 4.69) is 57.3 Å². The summed E-state index contributed by atoms with van der Waals surface area (Å²) in [4.78, 5) is 0. The fourth-order valence-corrected chi connectivity index (χ4v) is 2.32. The lowest BCUT2D eigenvalue weighted by molar-refractivity contribution is 0.312. The van der Waals surface area contributed by atoms with Crippen molar-refractivity contribution in [1.29, 1.82) is 0 Å². The SMILES string of the molecule is CCCNC(CCC(C)(C)C)c1ccccc1OCC. The van der Waals surface area contributed by atoms with Crippen molar-refractivity contribution in [2.24, 2.45) is 5.41 Å². The molecule has 0 aromatic heterocycles. The van der Waals surface area contributed by atoms with Crippen molar-refractivity contribution < 1.29 is 4.74 Å². The van der Waals surface area contributed by atoms with Gasteiger partial charge in [0.2, 0.25) is 0 Å². The molecule has 1 aromatic carbocycles. The second-order valence-corrected chi connectivity index (χ2v) is 6.58. The summed E-state index contributed by atoms with van der Waals surface area (Å²) < 4.78 is 5.79. The minimum atomic E-state index is 0.368. The van der Waals surface area contributed by atoms with Crippen molar-refractivity contribution in [2.45, 2.75) is 59.9 Å². The molecule has 0 spiro atoms. The van der Waals surface area contributed by atoms with E-state index < -0.39 is 0 Å². The molecule has 0 aliphatic carbocycles. The van der Waals surface area contributed by atoms with Crippen molar-refractivity contribution >= 4 is 0 Å². The second-order valence-electron chi connectivity index (χ2n) is 6.58. The smallest absolute Gasteiger partial charge is 0.124 e. The normalized spacial score (nSPS) is 13.2. The van der Waals surface area contributed by atoms with Gasteiger partial charge in [0.25, 0.3) is 0 Å². The van der Waals surface area contributed by atoms with Gasteiger partial charge in [-0.1, -0.05) is 45.9 Å². The van der Waals surface area contributed by atoms with Crippen LogP contribution in [0.25, 0.3) is 0 Å². The molecule has 1 atom stereocenters. The molecule has 0 aliphatic rings. The van der Waals surface area contributed by atoms with Crippen molar-refractivity contribution in [3.05, 3.63) is 29.8 Å². The first-order chi connectivity index (χ1) is 9.48. The molecule has 2 heteroatoms. The molecule has 0 radical (unpaired) electrons. The second kappa shape index (κ2) is 8.31. The van der Waals surface area contributed by atoms with Crippen LogP contribution in [-0.4, -0.2) is 13.2 Å². The number of ether oxygens (including phenoxy) is 1. The van der Waals surface area contributed by atoms with Crippen molar-refractivity contribution in [3.8, 4) is 5.75 Å². The Bertz CT molecular complexity index is 381. The first-order valence-corrected chi connectivity index (χ1v) is 7.93. The molecule has 0 amide bonds. The highest BCUT2D eigenvalue weighted by Gasteiger charge is 2.19. The molecule has 0 saturated carbocycles. The predicted molar refractivity (Wildman–Crippen MR) is 87.3 cm³/mol. The van der Waals surface area contributed by atoms with Gasteiger partial charge < -0.3 is 10.1 Å². The van der Waals surface area contributed by atoms with Crippen LogP contribution >= 0.6 is 0 Å². The minimum absolute atomic E-state index is 0.368. The van der Waals surface area contributed by atoms with Crippen molar-refractivity contribution in [3.63, 3.8) is 0 Å². The van der Waals surface area contributed by atoms with Gasteiger partial charge in [-0.05, 0) is 44.2 Å². The summed E-state index contributed by atoms with van der Waals surface area (Å²) in [7, 11) is 0. The van der Waals surface area contributed by atoms with Gasteiger partial charge in [0.15, 0.2) is 0 Å². The lowest BCUT2D eigenvalue weighted by Crippen LogP contribution is -2.24. The third-order valence-corrected chi connectivity index (χ3v) is 3.42. The fourth-order valence-electron chi connectivity index (χ4n) is 2.32. The van der Waals surface area contributed by atoms with E-state index >= 15 is 0 Å². The highest BCUT2D eigenvalue weighted by molar-refractivity contribution is 5.36. The molecule has 20 heavy (non-hydrogen) atoms. The zero-order valence-corrected chi connectivity index (χ0v) is 13.8. The Morgan fingerprint density at radius 2 is 1.85 bits per heavy atom. The zero-order valence-electron chi connectivity index (χ0n) is 13.8. The van der Waals surface area contributed by atoms with Crippen LogP contribution in [0, 0.1) is 5.41 Å². The molecule has 1 aromatic rings. The van der Waals surface area contributed by atoms with Gasteiger partial charge in [-0.3, -0.25) is 0 Å². The molecule has 114 valence electrons. The molecule has 1 rings (SSSR count). The topological polar surface area (TPSA) is 21.3 Å². The quantitative estimate of drug-likeness (QED) is 0.725. The van der Waals surface area contributed by atoms with E-state index in [9.17, 15) is 0 Å². The van der Waals surface area contributed by atoms with Gasteiger partial charge in [0, 0.05) is 11.6 Å². The maximum Gasteiger partial charge on any atom is 0.124 e. The summed E-state index contributed by atoms with van der Waals surface area (Å²) in [5.41, 5.74) is 1.67. The van der Waals surface area contributed by atoms with Crippen molar-refractivity contribution in [2.75, 3.05) is 13.2 Å². The van der Waals surface area contributed by atoms with E-state index in [1.807, 2.05) is 6.92 Å². The molecular formula is C18H31NO. The molecule has 0 bridgehead atoms. The maximum absolute atomic E-state index is 5.79. The highest BCUT2D eigenvalue weighted by atomic mass is 16.5. The number of rotatable bonds is 8. The summed E-state index contributed by atoms with van der Waals surface area (Å²) in [6.07, 6.45) is 3.51. The standard InChI is InChI=1S/C18H31NO/c1-6-14-19-16(12-13-18(3,4)5)15-10-8-9-11-17(15)20-7-2/h8-11,16,19H,6-7,12-14H2,1-5H3. The van der Waals surface area contributed by atoms with Crippen LogP contribution in [0.1, 0.15) is 65.5 Å². The zero-order chi connectivity index (χ0) is 15.0. The molecule has 0 heterocycles. The molecule has 1 N–H and O–H groups in total. The number of hydrogen-bond acceptors (Lipinski definition) is 2. The molecule has 0 saturated heterocycles. The van der Waals surface area contributed by atoms with Crippen molar-refractivity contribution in [1.82, 2.24) is 5.32 Å². The summed E-state index contributed by atoms with van der Waals surface area (Å²) >= 11 is 0. The first kappa shape index (κ1) is 17.0. The van der Waals surface area contributed by atoms with Crippen LogP contribution in [0.5, 0.6) is 5.75 Å². The minimum Gasteiger partial charge on any atom is -0.494 e.